The molecule has 0 unspecified atom stereocenters. The van der Waals surface area contributed by atoms with Crippen molar-refractivity contribution in [2.75, 3.05) is 7.11 Å². The molecule has 0 atom stereocenters. The van der Waals surface area contributed by atoms with Gasteiger partial charge in [-0.05, 0) is 6.92 Å². The SMILES string of the molecule is CC.CCCC.COc1cc(C)ncn1. The molecule has 0 fully saturated rings. The summed E-state index contributed by atoms with van der Waals surface area (Å²) in [6.07, 6.45) is 4.12. The highest BCUT2D eigenvalue weighted by atomic mass is 16.5. The minimum absolute atomic E-state index is 0.613. The maximum atomic E-state index is 4.84. The van der Waals surface area contributed by atoms with Gasteiger partial charge in [0.15, 0.2) is 0 Å². The molecule has 88 valence electrons. The normalized spacial score (nSPS) is 7.87. The highest BCUT2D eigenvalue weighted by Gasteiger charge is 1.89. The van der Waals surface area contributed by atoms with E-state index in [2.05, 4.69) is 23.8 Å². The van der Waals surface area contributed by atoms with Crippen LogP contribution in [0.5, 0.6) is 5.88 Å². The van der Waals surface area contributed by atoms with Crippen molar-refractivity contribution in [2.45, 2.75) is 47.5 Å². The van der Waals surface area contributed by atoms with Crippen LogP contribution in [0.4, 0.5) is 0 Å². The number of nitrogens with zero attached hydrogens (tertiary/aromatic N) is 2. The summed E-state index contributed by atoms with van der Waals surface area (Å²) in [7, 11) is 1.59. The van der Waals surface area contributed by atoms with Crippen molar-refractivity contribution >= 4 is 0 Å². The number of aryl methyl sites for hydroxylation is 1. The summed E-state index contributed by atoms with van der Waals surface area (Å²) in [6, 6.07) is 1.78. The molecule has 0 saturated carbocycles. The van der Waals surface area contributed by atoms with Gasteiger partial charge in [0.05, 0.1) is 7.11 Å². The Labute approximate surface area is 93.9 Å². The van der Waals surface area contributed by atoms with E-state index in [1.807, 2.05) is 20.8 Å². The Balaban J connectivity index is 0. The van der Waals surface area contributed by atoms with Gasteiger partial charge in [-0.3, -0.25) is 0 Å². The summed E-state index contributed by atoms with van der Waals surface area (Å²) in [5.74, 6) is 0.613. The topological polar surface area (TPSA) is 35.0 Å². The zero-order valence-electron chi connectivity index (χ0n) is 10.9. The Morgan fingerprint density at radius 3 is 1.93 bits per heavy atom. The number of hydrogen-bond acceptors (Lipinski definition) is 3. The molecule has 3 heteroatoms. The summed E-state index contributed by atoms with van der Waals surface area (Å²) >= 11 is 0. The van der Waals surface area contributed by atoms with Crippen LogP contribution in [0.25, 0.3) is 0 Å². The van der Waals surface area contributed by atoms with Crippen molar-refractivity contribution in [1.29, 1.82) is 0 Å². The first-order valence-corrected chi connectivity index (χ1v) is 5.57. The van der Waals surface area contributed by atoms with Crippen molar-refractivity contribution in [3.63, 3.8) is 0 Å². The summed E-state index contributed by atoms with van der Waals surface area (Å²) < 4.78 is 4.84. The minimum Gasteiger partial charge on any atom is -0.481 e. The average Bonchev–Trinajstić information content (AvgIpc) is 2.32. The number of unbranched alkanes of at least 4 members (excludes halogenated alkanes) is 1. The van der Waals surface area contributed by atoms with Gasteiger partial charge in [-0.1, -0.05) is 40.5 Å². The van der Waals surface area contributed by atoms with Gasteiger partial charge in [-0.2, -0.15) is 0 Å². The molecule has 0 saturated heterocycles. The van der Waals surface area contributed by atoms with Crippen LogP contribution in [0.15, 0.2) is 12.4 Å². The lowest BCUT2D eigenvalue weighted by Crippen LogP contribution is -1.88. The van der Waals surface area contributed by atoms with Gasteiger partial charge in [-0.25, -0.2) is 9.97 Å². The average molecular weight is 212 g/mol. The third kappa shape index (κ3) is 10.8. The van der Waals surface area contributed by atoms with Gasteiger partial charge in [0.1, 0.15) is 6.33 Å². The fourth-order valence-electron chi connectivity index (χ4n) is 0.542. The van der Waals surface area contributed by atoms with Crippen LogP contribution in [-0.4, -0.2) is 17.1 Å². The van der Waals surface area contributed by atoms with Gasteiger partial charge in [0.2, 0.25) is 5.88 Å². The van der Waals surface area contributed by atoms with Crippen LogP contribution < -0.4 is 4.74 Å². The Bertz CT molecular complexity index is 225. The predicted molar refractivity (Wildman–Crippen MR) is 65.3 cm³/mol. The van der Waals surface area contributed by atoms with E-state index in [0.717, 1.165) is 5.69 Å². The van der Waals surface area contributed by atoms with E-state index in [1.165, 1.54) is 19.2 Å². The summed E-state index contributed by atoms with van der Waals surface area (Å²) in [5, 5.41) is 0. The van der Waals surface area contributed by atoms with E-state index in [1.54, 1.807) is 13.2 Å². The number of ether oxygens (including phenoxy) is 1. The smallest absolute Gasteiger partial charge is 0.216 e. The maximum Gasteiger partial charge on any atom is 0.216 e. The van der Waals surface area contributed by atoms with Crippen LogP contribution in [0, 0.1) is 6.92 Å². The molecule has 1 heterocycles. The van der Waals surface area contributed by atoms with Crippen LogP contribution in [0.3, 0.4) is 0 Å². The summed E-state index contributed by atoms with van der Waals surface area (Å²) in [6.45, 7) is 10.3. The monoisotopic (exact) mass is 212 g/mol. The molecule has 0 radical (unpaired) electrons. The molecule has 0 aliphatic rings. The Morgan fingerprint density at radius 2 is 1.67 bits per heavy atom. The van der Waals surface area contributed by atoms with Crippen molar-refractivity contribution in [2.24, 2.45) is 0 Å². The lowest BCUT2D eigenvalue weighted by Gasteiger charge is -1.95. The van der Waals surface area contributed by atoms with E-state index in [4.69, 9.17) is 4.74 Å². The van der Waals surface area contributed by atoms with Gasteiger partial charge in [0, 0.05) is 11.8 Å². The molecule has 1 rings (SSSR count). The number of hydrogen-bond donors (Lipinski definition) is 0. The maximum absolute atomic E-state index is 4.84. The minimum atomic E-state index is 0.613. The molecular weight excluding hydrogens is 188 g/mol. The fourth-order valence-corrected chi connectivity index (χ4v) is 0.542. The Kier molecular flexibility index (Phi) is 14.0. The molecule has 0 aromatic carbocycles. The molecule has 0 spiro atoms. The largest absolute Gasteiger partial charge is 0.481 e. The fraction of sp³-hybridized carbons (Fsp3) is 0.667. The first-order chi connectivity index (χ1) is 7.24. The third-order valence-electron chi connectivity index (χ3n) is 1.49. The van der Waals surface area contributed by atoms with E-state index in [9.17, 15) is 0 Å². The van der Waals surface area contributed by atoms with E-state index < -0.39 is 0 Å². The van der Waals surface area contributed by atoms with Crippen molar-refractivity contribution in [3.05, 3.63) is 18.1 Å². The molecule has 3 nitrogen and oxygen atoms in total. The van der Waals surface area contributed by atoms with Crippen LogP contribution in [0.2, 0.25) is 0 Å². The molecular formula is C12H24N2O. The molecule has 0 aliphatic carbocycles. The number of aromatic nitrogens is 2. The second-order valence-electron chi connectivity index (χ2n) is 2.70. The van der Waals surface area contributed by atoms with Gasteiger partial charge in [-0.15, -0.1) is 0 Å². The third-order valence-corrected chi connectivity index (χ3v) is 1.49. The van der Waals surface area contributed by atoms with E-state index >= 15 is 0 Å². The highest BCUT2D eigenvalue weighted by molar-refractivity contribution is 5.11. The lowest BCUT2D eigenvalue weighted by atomic mass is 10.4. The number of rotatable bonds is 2. The Hall–Kier alpha value is -1.12. The second kappa shape index (κ2) is 12.9. The van der Waals surface area contributed by atoms with Crippen LogP contribution in [0.1, 0.15) is 46.2 Å². The molecule has 0 N–H and O–H groups in total. The zero-order chi connectivity index (χ0) is 12.1. The molecule has 0 aliphatic heterocycles. The summed E-state index contributed by atoms with van der Waals surface area (Å²) in [5.41, 5.74) is 0.918. The Morgan fingerprint density at radius 1 is 1.13 bits per heavy atom. The molecule has 0 bridgehead atoms. The van der Waals surface area contributed by atoms with Crippen LogP contribution in [-0.2, 0) is 0 Å². The first-order valence-electron chi connectivity index (χ1n) is 5.57. The zero-order valence-corrected chi connectivity index (χ0v) is 10.9. The van der Waals surface area contributed by atoms with Gasteiger partial charge in [0.25, 0.3) is 0 Å². The van der Waals surface area contributed by atoms with Crippen molar-refractivity contribution in [3.8, 4) is 5.88 Å². The molecule has 0 amide bonds. The summed E-state index contributed by atoms with van der Waals surface area (Å²) in [4.78, 5) is 7.72. The van der Waals surface area contributed by atoms with Crippen LogP contribution >= 0.6 is 0 Å². The predicted octanol–water partition coefficient (Wildman–Crippen LogP) is 3.63. The van der Waals surface area contributed by atoms with E-state index in [-0.39, 0.29) is 0 Å². The highest BCUT2D eigenvalue weighted by Crippen LogP contribution is 2.02. The van der Waals surface area contributed by atoms with Crippen molar-refractivity contribution in [1.82, 2.24) is 9.97 Å². The quantitative estimate of drug-likeness (QED) is 0.751. The second-order valence-corrected chi connectivity index (χ2v) is 2.70. The number of methoxy groups -OCH3 is 1. The standard InChI is InChI=1S/C6H8N2O.C4H10.C2H6/c1-5-3-6(9-2)8-4-7-5;1-3-4-2;1-2/h3-4H,1-2H3;3-4H2,1-2H3;1-2H3. The lowest BCUT2D eigenvalue weighted by molar-refractivity contribution is 0.396. The molecule has 1 aromatic heterocycles. The first kappa shape index (κ1) is 16.3. The van der Waals surface area contributed by atoms with E-state index in [0.29, 0.717) is 5.88 Å². The van der Waals surface area contributed by atoms with Crippen molar-refractivity contribution < 1.29 is 4.74 Å². The molecule has 15 heavy (non-hydrogen) atoms. The van der Waals surface area contributed by atoms with Gasteiger partial charge < -0.3 is 4.74 Å². The van der Waals surface area contributed by atoms with Gasteiger partial charge >= 0.3 is 0 Å². The molecule has 1 aromatic rings.